The Hall–Kier alpha value is -1.26. The fourth-order valence-corrected chi connectivity index (χ4v) is 1.36. The highest BCUT2D eigenvalue weighted by Crippen LogP contribution is 2.11. The maximum atomic E-state index is 11.7. The van der Waals surface area contributed by atoms with Crippen molar-refractivity contribution in [3.63, 3.8) is 0 Å². The van der Waals surface area contributed by atoms with Crippen molar-refractivity contribution in [2.24, 2.45) is 0 Å². The van der Waals surface area contributed by atoms with Crippen molar-refractivity contribution in [1.82, 2.24) is 5.32 Å². The van der Waals surface area contributed by atoms with Crippen molar-refractivity contribution in [1.29, 1.82) is 0 Å². The number of carbonyl (C=O) groups is 2. The van der Waals surface area contributed by atoms with Crippen LogP contribution in [0.15, 0.2) is 0 Å². The average molecular weight is 303 g/mol. The molecule has 1 N–H and O–H groups in total. The summed E-state index contributed by atoms with van der Waals surface area (Å²) in [6.45, 7) is 16.7. The van der Waals surface area contributed by atoms with Gasteiger partial charge in [0, 0.05) is 6.04 Å². The van der Waals surface area contributed by atoms with Crippen LogP contribution < -0.4 is 5.32 Å². The molecule has 1 unspecified atom stereocenters. The second-order valence-corrected chi connectivity index (χ2v) is 6.54. The minimum atomic E-state index is -0.547. The summed E-state index contributed by atoms with van der Waals surface area (Å²) in [7, 11) is 0. The van der Waals surface area contributed by atoms with Gasteiger partial charge in [0.25, 0.3) is 0 Å². The highest BCUT2D eigenvalue weighted by atomic mass is 16.6. The third kappa shape index (κ3) is 15.0. The van der Waals surface area contributed by atoms with Gasteiger partial charge in [-0.05, 0) is 48.0 Å². The fraction of sp³-hybridized carbons (Fsp3) is 0.875. The van der Waals surface area contributed by atoms with E-state index in [0.29, 0.717) is 6.42 Å². The van der Waals surface area contributed by atoms with Crippen LogP contribution in [-0.2, 0) is 14.3 Å². The lowest BCUT2D eigenvalue weighted by molar-refractivity contribution is -0.155. The summed E-state index contributed by atoms with van der Waals surface area (Å²) in [5.74, 6) is -0.324. The first-order valence-electron chi connectivity index (χ1n) is 7.64. The molecule has 0 rings (SSSR count). The van der Waals surface area contributed by atoms with Crippen LogP contribution in [0, 0.1) is 0 Å². The molecule has 0 saturated heterocycles. The Morgan fingerprint density at radius 3 is 1.71 bits per heavy atom. The van der Waals surface area contributed by atoms with Gasteiger partial charge in [-0.25, -0.2) is 4.79 Å². The molecule has 0 aliphatic carbocycles. The van der Waals surface area contributed by atoms with Crippen LogP contribution in [0.1, 0.15) is 75.2 Å². The van der Waals surface area contributed by atoms with E-state index in [1.54, 1.807) is 20.8 Å². The number of hydrogen-bond acceptors (Lipinski definition) is 4. The SMILES string of the molecule is CC.CCC(CC(=O)OC(C)(C)C)NC(=O)OC(C)(C)C. The Morgan fingerprint density at radius 1 is 0.952 bits per heavy atom. The van der Waals surface area contributed by atoms with Crippen LogP contribution >= 0.6 is 0 Å². The first kappa shape index (κ1) is 22.0. The van der Waals surface area contributed by atoms with Crippen LogP contribution in [0.2, 0.25) is 0 Å². The van der Waals surface area contributed by atoms with Gasteiger partial charge in [0.05, 0.1) is 6.42 Å². The van der Waals surface area contributed by atoms with E-state index in [1.807, 2.05) is 41.5 Å². The molecule has 0 aromatic carbocycles. The number of esters is 1. The van der Waals surface area contributed by atoms with Crippen LogP contribution in [0.3, 0.4) is 0 Å². The Balaban J connectivity index is 0. The van der Waals surface area contributed by atoms with Gasteiger partial charge in [0.1, 0.15) is 11.2 Å². The second kappa shape index (κ2) is 9.64. The minimum absolute atomic E-state index is 0.146. The molecule has 0 spiro atoms. The highest BCUT2D eigenvalue weighted by molar-refractivity contribution is 5.73. The molecule has 21 heavy (non-hydrogen) atoms. The predicted molar refractivity (Wildman–Crippen MR) is 85.3 cm³/mol. The molecule has 0 aliphatic rings. The highest BCUT2D eigenvalue weighted by Gasteiger charge is 2.23. The summed E-state index contributed by atoms with van der Waals surface area (Å²) in [5.41, 5.74) is -1.06. The normalized spacial score (nSPS) is 12.6. The quantitative estimate of drug-likeness (QED) is 0.796. The number of hydrogen-bond donors (Lipinski definition) is 1. The number of amides is 1. The molecular weight excluding hydrogens is 270 g/mol. The lowest BCUT2D eigenvalue weighted by Gasteiger charge is -2.24. The molecule has 5 heteroatoms. The summed E-state index contributed by atoms with van der Waals surface area (Å²) in [5, 5.41) is 2.68. The molecular formula is C16H33NO4. The standard InChI is InChI=1S/C14H27NO4.C2H6/c1-8-10(9-11(16)18-13(2,3)4)15-12(17)19-14(5,6)7;1-2/h10H,8-9H2,1-7H3,(H,15,17);1-2H3. The van der Waals surface area contributed by atoms with Gasteiger partial charge in [-0.2, -0.15) is 0 Å². The summed E-state index contributed by atoms with van der Waals surface area (Å²) in [6.07, 6.45) is 0.272. The number of ether oxygens (including phenoxy) is 2. The number of carbonyl (C=O) groups excluding carboxylic acids is 2. The number of alkyl carbamates (subject to hydrolysis) is 1. The third-order valence-corrected chi connectivity index (χ3v) is 2.05. The van der Waals surface area contributed by atoms with Crippen molar-refractivity contribution in [2.75, 3.05) is 0 Å². The number of rotatable bonds is 4. The Bertz CT molecular complexity index is 283. The zero-order valence-electron chi connectivity index (χ0n) is 15.1. The molecule has 0 aromatic heterocycles. The molecule has 0 aliphatic heterocycles. The van der Waals surface area contributed by atoms with E-state index in [-0.39, 0.29) is 18.4 Å². The topological polar surface area (TPSA) is 64.6 Å². The first-order valence-corrected chi connectivity index (χ1v) is 7.64. The molecule has 126 valence electrons. The van der Waals surface area contributed by atoms with Crippen LogP contribution in [0.25, 0.3) is 0 Å². The molecule has 0 saturated carbocycles. The molecule has 0 heterocycles. The zero-order valence-corrected chi connectivity index (χ0v) is 15.1. The summed E-state index contributed by atoms with van der Waals surface area (Å²) in [4.78, 5) is 23.3. The van der Waals surface area contributed by atoms with Crippen molar-refractivity contribution in [2.45, 2.75) is 92.4 Å². The zero-order chi connectivity index (χ0) is 17.3. The second-order valence-electron chi connectivity index (χ2n) is 6.54. The average Bonchev–Trinajstić information content (AvgIpc) is 2.25. The maximum Gasteiger partial charge on any atom is 0.407 e. The smallest absolute Gasteiger partial charge is 0.407 e. The van der Waals surface area contributed by atoms with Crippen LogP contribution in [0.4, 0.5) is 4.79 Å². The van der Waals surface area contributed by atoms with Crippen LogP contribution in [-0.4, -0.2) is 29.3 Å². The lowest BCUT2D eigenvalue weighted by atomic mass is 10.1. The van der Waals surface area contributed by atoms with E-state index in [1.165, 1.54) is 0 Å². The van der Waals surface area contributed by atoms with Crippen molar-refractivity contribution in [3.8, 4) is 0 Å². The molecule has 1 atom stereocenters. The van der Waals surface area contributed by atoms with Gasteiger partial charge in [-0.3, -0.25) is 4.79 Å². The van der Waals surface area contributed by atoms with Crippen LogP contribution in [0.5, 0.6) is 0 Å². The Kier molecular flexibility index (Phi) is 10.1. The molecule has 5 nitrogen and oxygen atoms in total. The largest absolute Gasteiger partial charge is 0.460 e. The number of nitrogens with one attached hydrogen (secondary N) is 1. The molecule has 0 bridgehead atoms. The van der Waals surface area contributed by atoms with E-state index in [2.05, 4.69) is 5.32 Å². The van der Waals surface area contributed by atoms with Gasteiger partial charge >= 0.3 is 12.1 Å². The predicted octanol–water partition coefficient (Wildman–Crippen LogP) is 4.05. The van der Waals surface area contributed by atoms with E-state index < -0.39 is 17.3 Å². The fourth-order valence-electron chi connectivity index (χ4n) is 1.36. The van der Waals surface area contributed by atoms with Gasteiger partial charge in [0.15, 0.2) is 0 Å². The van der Waals surface area contributed by atoms with E-state index in [4.69, 9.17) is 9.47 Å². The molecule has 0 aromatic rings. The van der Waals surface area contributed by atoms with Crippen molar-refractivity contribution < 1.29 is 19.1 Å². The van der Waals surface area contributed by atoms with E-state index >= 15 is 0 Å². The van der Waals surface area contributed by atoms with Crippen molar-refractivity contribution in [3.05, 3.63) is 0 Å². The molecule has 1 amide bonds. The van der Waals surface area contributed by atoms with E-state index in [9.17, 15) is 9.59 Å². The first-order chi connectivity index (χ1) is 9.43. The van der Waals surface area contributed by atoms with Gasteiger partial charge in [0.2, 0.25) is 0 Å². The monoisotopic (exact) mass is 303 g/mol. The lowest BCUT2D eigenvalue weighted by Crippen LogP contribution is -2.40. The summed E-state index contributed by atoms with van der Waals surface area (Å²) < 4.78 is 10.4. The minimum Gasteiger partial charge on any atom is -0.460 e. The third-order valence-electron chi connectivity index (χ3n) is 2.05. The Labute approximate surface area is 129 Å². The van der Waals surface area contributed by atoms with Gasteiger partial charge in [-0.1, -0.05) is 20.8 Å². The Morgan fingerprint density at radius 2 is 1.38 bits per heavy atom. The van der Waals surface area contributed by atoms with E-state index in [0.717, 1.165) is 0 Å². The van der Waals surface area contributed by atoms with Crippen molar-refractivity contribution >= 4 is 12.1 Å². The maximum absolute atomic E-state index is 11.7. The van der Waals surface area contributed by atoms with Gasteiger partial charge < -0.3 is 14.8 Å². The molecule has 0 fully saturated rings. The van der Waals surface area contributed by atoms with Gasteiger partial charge in [-0.15, -0.1) is 0 Å². The molecule has 0 radical (unpaired) electrons. The summed E-state index contributed by atoms with van der Waals surface area (Å²) in [6, 6.07) is -0.273. The summed E-state index contributed by atoms with van der Waals surface area (Å²) >= 11 is 0.